The van der Waals surface area contributed by atoms with Gasteiger partial charge in [-0.05, 0) is 66.6 Å². The number of hydrogen-bond donors (Lipinski definition) is 1. The highest BCUT2D eigenvalue weighted by atomic mass is 19.4. The topological polar surface area (TPSA) is 58.1 Å². The molecule has 5 rings (SSSR count). The lowest BCUT2D eigenvalue weighted by atomic mass is 10.1. The normalized spacial score (nSPS) is 11.4. The number of para-hydroxylation sites is 1. The second-order valence-electron chi connectivity index (χ2n) is 9.49. The number of nitrogens with one attached hydrogen (secondary N) is 1. The van der Waals surface area contributed by atoms with Gasteiger partial charge < -0.3 is 10.2 Å². The van der Waals surface area contributed by atoms with Gasteiger partial charge in [0, 0.05) is 36.1 Å². The fourth-order valence-electron chi connectivity index (χ4n) is 4.49. The van der Waals surface area contributed by atoms with E-state index in [-0.39, 0.29) is 24.5 Å². The van der Waals surface area contributed by atoms with Gasteiger partial charge >= 0.3 is 6.18 Å². The van der Waals surface area contributed by atoms with Gasteiger partial charge in [-0.3, -0.25) is 4.79 Å². The van der Waals surface area contributed by atoms with Crippen LogP contribution >= 0.6 is 0 Å². The van der Waals surface area contributed by atoms with Crippen molar-refractivity contribution in [1.82, 2.24) is 9.97 Å². The number of carbonyl (C=O) groups excluding carboxylic acids is 1. The SMILES string of the molecule is O=C(CCN(CCc1ccccc1)c1nc(-c2ccc(F)cc2)nc2ccccc12)Nc1cccc(C(F)(F)F)c1. The van der Waals surface area contributed by atoms with Crippen molar-refractivity contribution in [3.05, 3.63) is 120 Å². The Kier molecular flexibility index (Phi) is 8.24. The molecule has 1 heterocycles. The quantitative estimate of drug-likeness (QED) is 0.190. The number of rotatable bonds is 9. The number of amides is 1. The van der Waals surface area contributed by atoms with Crippen molar-refractivity contribution in [1.29, 1.82) is 0 Å². The van der Waals surface area contributed by atoms with E-state index >= 15 is 0 Å². The standard InChI is InChI=1S/C32H26F4N4O/c33-25-15-13-23(14-16-25)30-38-28-12-5-4-11-27(28)31(39-30)40(19-17-22-7-2-1-3-8-22)20-18-29(41)37-26-10-6-9-24(21-26)32(34,35)36/h1-16,21H,17-20H2,(H,37,41). The second kappa shape index (κ2) is 12.2. The van der Waals surface area contributed by atoms with Crippen LogP contribution < -0.4 is 10.2 Å². The third-order valence-corrected chi connectivity index (χ3v) is 6.58. The number of hydrogen-bond acceptors (Lipinski definition) is 4. The fraction of sp³-hybridized carbons (Fsp3) is 0.156. The highest BCUT2D eigenvalue weighted by molar-refractivity contribution is 5.93. The van der Waals surface area contributed by atoms with Crippen molar-refractivity contribution >= 4 is 28.3 Å². The Morgan fingerprint density at radius 1 is 0.805 bits per heavy atom. The smallest absolute Gasteiger partial charge is 0.355 e. The summed E-state index contributed by atoms with van der Waals surface area (Å²) in [6.45, 7) is 0.770. The molecule has 0 aliphatic rings. The average molecular weight is 559 g/mol. The first-order chi connectivity index (χ1) is 19.8. The van der Waals surface area contributed by atoms with Crippen LogP contribution in [0.5, 0.6) is 0 Å². The number of carbonyl (C=O) groups is 1. The summed E-state index contributed by atoms with van der Waals surface area (Å²) in [5.41, 5.74) is 1.68. The molecule has 0 radical (unpaired) electrons. The molecule has 0 aliphatic heterocycles. The van der Waals surface area contributed by atoms with Crippen LogP contribution in [0, 0.1) is 5.82 Å². The largest absolute Gasteiger partial charge is 0.416 e. The van der Waals surface area contributed by atoms with Gasteiger partial charge in [-0.15, -0.1) is 0 Å². The minimum atomic E-state index is -4.51. The molecule has 9 heteroatoms. The Hall–Kier alpha value is -4.79. The minimum absolute atomic E-state index is 0.00917. The van der Waals surface area contributed by atoms with Crippen LogP contribution in [0.4, 0.5) is 29.1 Å². The van der Waals surface area contributed by atoms with E-state index in [4.69, 9.17) is 4.98 Å². The van der Waals surface area contributed by atoms with Crippen LogP contribution in [-0.2, 0) is 17.4 Å². The van der Waals surface area contributed by atoms with E-state index in [1.807, 2.05) is 59.5 Å². The van der Waals surface area contributed by atoms with Crippen molar-refractivity contribution in [2.75, 3.05) is 23.3 Å². The number of benzene rings is 4. The lowest BCUT2D eigenvalue weighted by Crippen LogP contribution is -2.31. The van der Waals surface area contributed by atoms with Gasteiger partial charge in [-0.1, -0.05) is 48.5 Å². The van der Waals surface area contributed by atoms with Gasteiger partial charge in [0.1, 0.15) is 11.6 Å². The molecular formula is C32H26F4N4O. The van der Waals surface area contributed by atoms with Gasteiger partial charge in [0.25, 0.3) is 0 Å². The molecule has 0 atom stereocenters. The molecule has 0 fully saturated rings. The van der Waals surface area contributed by atoms with Gasteiger partial charge in [0.2, 0.25) is 5.91 Å². The summed E-state index contributed by atoms with van der Waals surface area (Å²) < 4.78 is 53.0. The van der Waals surface area contributed by atoms with E-state index < -0.39 is 17.6 Å². The van der Waals surface area contributed by atoms with Crippen LogP contribution in [0.3, 0.4) is 0 Å². The summed E-state index contributed by atoms with van der Waals surface area (Å²) in [6.07, 6.45) is -3.83. The molecule has 208 valence electrons. The first-order valence-corrected chi connectivity index (χ1v) is 13.0. The molecule has 5 nitrogen and oxygen atoms in total. The van der Waals surface area contributed by atoms with E-state index in [1.165, 1.54) is 24.3 Å². The minimum Gasteiger partial charge on any atom is -0.355 e. The maximum absolute atomic E-state index is 13.6. The van der Waals surface area contributed by atoms with Gasteiger partial charge in [-0.25, -0.2) is 14.4 Å². The van der Waals surface area contributed by atoms with Gasteiger partial charge in [-0.2, -0.15) is 13.2 Å². The van der Waals surface area contributed by atoms with E-state index in [0.717, 1.165) is 23.1 Å². The zero-order chi connectivity index (χ0) is 28.8. The van der Waals surface area contributed by atoms with E-state index in [0.29, 0.717) is 35.7 Å². The molecule has 0 saturated heterocycles. The monoisotopic (exact) mass is 558 g/mol. The zero-order valence-electron chi connectivity index (χ0n) is 21.9. The lowest BCUT2D eigenvalue weighted by molar-refractivity contribution is -0.137. The Balaban J connectivity index is 1.44. The van der Waals surface area contributed by atoms with Crippen molar-refractivity contribution in [2.24, 2.45) is 0 Å². The van der Waals surface area contributed by atoms with Crippen LogP contribution in [0.2, 0.25) is 0 Å². The summed E-state index contributed by atoms with van der Waals surface area (Å²) in [6, 6.07) is 27.8. The fourth-order valence-corrected chi connectivity index (χ4v) is 4.49. The Morgan fingerprint density at radius 2 is 1.54 bits per heavy atom. The Labute approximate surface area is 234 Å². The lowest BCUT2D eigenvalue weighted by Gasteiger charge is -2.25. The first kappa shape index (κ1) is 27.8. The Bertz CT molecular complexity index is 1640. The third-order valence-electron chi connectivity index (χ3n) is 6.58. The van der Waals surface area contributed by atoms with Crippen molar-refractivity contribution in [2.45, 2.75) is 19.0 Å². The molecular weight excluding hydrogens is 532 g/mol. The maximum atomic E-state index is 13.6. The molecule has 1 aromatic heterocycles. The van der Waals surface area contributed by atoms with Crippen LogP contribution in [0.25, 0.3) is 22.3 Å². The highest BCUT2D eigenvalue weighted by Crippen LogP contribution is 2.31. The summed E-state index contributed by atoms with van der Waals surface area (Å²) in [5.74, 6) is 0.228. The molecule has 0 aliphatic carbocycles. The van der Waals surface area contributed by atoms with E-state index in [2.05, 4.69) is 10.3 Å². The van der Waals surface area contributed by atoms with Crippen molar-refractivity contribution in [3.63, 3.8) is 0 Å². The van der Waals surface area contributed by atoms with E-state index in [1.54, 1.807) is 12.1 Å². The van der Waals surface area contributed by atoms with Crippen LogP contribution in [-0.4, -0.2) is 29.0 Å². The highest BCUT2D eigenvalue weighted by Gasteiger charge is 2.30. The molecule has 41 heavy (non-hydrogen) atoms. The molecule has 5 aromatic rings. The number of nitrogens with zero attached hydrogens (tertiary/aromatic N) is 3. The Morgan fingerprint density at radius 3 is 2.29 bits per heavy atom. The van der Waals surface area contributed by atoms with E-state index in [9.17, 15) is 22.4 Å². The van der Waals surface area contributed by atoms with Gasteiger partial charge in [0.05, 0.1) is 11.1 Å². The molecule has 0 unspecified atom stereocenters. The van der Waals surface area contributed by atoms with Crippen LogP contribution in [0.1, 0.15) is 17.5 Å². The first-order valence-electron chi connectivity index (χ1n) is 13.0. The summed E-state index contributed by atoms with van der Waals surface area (Å²) in [7, 11) is 0. The maximum Gasteiger partial charge on any atom is 0.416 e. The predicted molar refractivity (Wildman–Crippen MR) is 152 cm³/mol. The number of alkyl halides is 3. The molecule has 4 aromatic carbocycles. The van der Waals surface area contributed by atoms with Crippen molar-refractivity contribution in [3.8, 4) is 11.4 Å². The summed E-state index contributed by atoms with van der Waals surface area (Å²) >= 11 is 0. The molecule has 1 amide bonds. The number of aromatic nitrogens is 2. The number of anilines is 2. The second-order valence-corrected chi connectivity index (χ2v) is 9.49. The van der Waals surface area contributed by atoms with Gasteiger partial charge in [0.15, 0.2) is 5.82 Å². The molecule has 0 spiro atoms. The number of fused-ring (bicyclic) bond motifs is 1. The van der Waals surface area contributed by atoms with Crippen molar-refractivity contribution < 1.29 is 22.4 Å². The zero-order valence-corrected chi connectivity index (χ0v) is 21.9. The summed E-state index contributed by atoms with van der Waals surface area (Å²) in [4.78, 5) is 24.4. The molecule has 1 N–H and O–H groups in total. The van der Waals surface area contributed by atoms with Crippen LogP contribution in [0.15, 0.2) is 103 Å². The summed E-state index contributed by atoms with van der Waals surface area (Å²) in [5, 5.41) is 3.36. The third kappa shape index (κ3) is 7.05. The average Bonchev–Trinajstić information content (AvgIpc) is 2.97. The molecule has 0 bridgehead atoms. The molecule has 0 saturated carbocycles. The number of halogens is 4. The predicted octanol–water partition coefficient (Wildman–Crippen LogP) is 7.53.